The first-order valence-electron chi connectivity index (χ1n) is 8.97. The molecule has 0 aliphatic rings. The number of thioether (sulfide) groups is 1. The fraction of sp³-hybridized carbons (Fsp3) is 0.300. The molecule has 0 aliphatic heterocycles. The molecular formula is C20H22ClN3O4S. The Morgan fingerprint density at radius 2 is 1.90 bits per heavy atom. The standard InChI is InChI=1S/C20H22ClN3O4S/c1-12(2)8-9-29-19-7-4-14(10-18(19)24(27)28)20(26)23-17-11-15(22-13(3)25)5-6-16(17)21/h4-7,10-12H,8-9H2,1-3H3,(H,22,25)(H,23,26). The lowest BCUT2D eigenvalue weighted by molar-refractivity contribution is -0.387. The van der Waals surface area contributed by atoms with Crippen molar-refractivity contribution in [2.24, 2.45) is 5.92 Å². The Balaban J connectivity index is 2.21. The SMILES string of the molecule is CC(=O)Nc1ccc(Cl)c(NC(=O)c2ccc(SCCC(C)C)c([N+](=O)[O-])c2)c1. The number of hydrogen-bond donors (Lipinski definition) is 2. The lowest BCUT2D eigenvalue weighted by atomic mass is 10.1. The molecule has 2 aromatic rings. The summed E-state index contributed by atoms with van der Waals surface area (Å²) in [6, 6.07) is 9.07. The molecule has 7 nitrogen and oxygen atoms in total. The molecular weight excluding hydrogens is 414 g/mol. The molecule has 0 atom stereocenters. The number of anilines is 2. The van der Waals surface area contributed by atoms with E-state index in [1.807, 2.05) is 0 Å². The lowest BCUT2D eigenvalue weighted by Crippen LogP contribution is -2.13. The highest BCUT2D eigenvalue weighted by Crippen LogP contribution is 2.32. The zero-order chi connectivity index (χ0) is 21.6. The van der Waals surface area contributed by atoms with Crippen LogP contribution in [0.3, 0.4) is 0 Å². The molecule has 154 valence electrons. The van der Waals surface area contributed by atoms with E-state index < -0.39 is 10.8 Å². The van der Waals surface area contributed by atoms with Crippen LogP contribution in [0, 0.1) is 16.0 Å². The third-order valence-corrected chi connectivity index (χ3v) is 5.33. The van der Waals surface area contributed by atoms with Gasteiger partial charge in [-0.05, 0) is 48.4 Å². The van der Waals surface area contributed by atoms with Crippen LogP contribution >= 0.6 is 23.4 Å². The second-order valence-electron chi connectivity index (χ2n) is 6.80. The number of nitrogens with zero attached hydrogens (tertiary/aromatic N) is 1. The van der Waals surface area contributed by atoms with Crippen molar-refractivity contribution >= 4 is 52.2 Å². The van der Waals surface area contributed by atoms with Crippen LogP contribution in [0.1, 0.15) is 37.6 Å². The van der Waals surface area contributed by atoms with Gasteiger partial charge in [0.1, 0.15) is 0 Å². The predicted octanol–water partition coefficient (Wildman–Crippen LogP) is 5.60. The van der Waals surface area contributed by atoms with Crippen molar-refractivity contribution in [3.05, 3.63) is 57.1 Å². The molecule has 0 fully saturated rings. The molecule has 2 amide bonds. The molecule has 0 aromatic heterocycles. The number of nitro benzene ring substituents is 1. The molecule has 29 heavy (non-hydrogen) atoms. The molecule has 2 rings (SSSR count). The maximum atomic E-state index is 12.6. The van der Waals surface area contributed by atoms with Crippen LogP contribution in [0.15, 0.2) is 41.3 Å². The Labute approximate surface area is 178 Å². The van der Waals surface area contributed by atoms with E-state index in [0.717, 1.165) is 12.2 Å². The molecule has 0 heterocycles. The topological polar surface area (TPSA) is 101 Å². The third kappa shape index (κ3) is 6.76. The second-order valence-corrected chi connectivity index (χ2v) is 8.34. The van der Waals surface area contributed by atoms with Gasteiger partial charge in [-0.15, -0.1) is 11.8 Å². The summed E-state index contributed by atoms with van der Waals surface area (Å²) in [6.07, 6.45) is 0.938. The maximum Gasteiger partial charge on any atom is 0.283 e. The minimum Gasteiger partial charge on any atom is -0.326 e. The molecule has 0 saturated carbocycles. The fourth-order valence-electron chi connectivity index (χ4n) is 2.42. The number of rotatable bonds is 8. The number of hydrogen-bond acceptors (Lipinski definition) is 5. The summed E-state index contributed by atoms with van der Waals surface area (Å²) in [5.74, 6) is 0.472. The van der Waals surface area contributed by atoms with Crippen molar-refractivity contribution in [2.45, 2.75) is 32.1 Å². The summed E-state index contributed by atoms with van der Waals surface area (Å²) in [5, 5.41) is 17.0. The first-order chi connectivity index (χ1) is 13.7. The highest BCUT2D eigenvalue weighted by Gasteiger charge is 2.19. The summed E-state index contributed by atoms with van der Waals surface area (Å²) in [5.41, 5.74) is 0.802. The van der Waals surface area contributed by atoms with Gasteiger partial charge in [0.25, 0.3) is 11.6 Å². The molecule has 2 aromatic carbocycles. The van der Waals surface area contributed by atoms with Crippen LogP contribution in [0.4, 0.5) is 17.1 Å². The number of nitro groups is 1. The zero-order valence-corrected chi connectivity index (χ0v) is 17.9. The van der Waals surface area contributed by atoms with Crippen molar-refractivity contribution in [2.75, 3.05) is 16.4 Å². The Kier molecular flexibility index (Phi) is 8.04. The summed E-state index contributed by atoms with van der Waals surface area (Å²) >= 11 is 7.52. The third-order valence-electron chi connectivity index (χ3n) is 3.91. The van der Waals surface area contributed by atoms with Gasteiger partial charge in [0.15, 0.2) is 0 Å². The minimum absolute atomic E-state index is 0.107. The fourth-order valence-corrected chi connectivity index (χ4v) is 3.84. The molecule has 0 spiro atoms. The van der Waals surface area contributed by atoms with E-state index in [-0.39, 0.29) is 22.2 Å². The van der Waals surface area contributed by atoms with Crippen molar-refractivity contribution in [3.63, 3.8) is 0 Å². The average Bonchev–Trinajstić information content (AvgIpc) is 2.63. The van der Waals surface area contributed by atoms with Crippen LogP contribution in [0.5, 0.6) is 0 Å². The highest BCUT2D eigenvalue weighted by atomic mass is 35.5. The van der Waals surface area contributed by atoms with Crippen molar-refractivity contribution in [1.82, 2.24) is 0 Å². The van der Waals surface area contributed by atoms with Gasteiger partial charge in [0.05, 0.1) is 20.5 Å². The first-order valence-corrected chi connectivity index (χ1v) is 10.3. The van der Waals surface area contributed by atoms with Crippen molar-refractivity contribution < 1.29 is 14.5 Å². The molecule has 0 aliphatic carbocycles. The highest BCUT2D eigenvalue weighted by molar-refractivity contribution is 7.99. The van der Waals surface area contributed by atoms with Crippen molar-refractivity contribution in [3.8, 4) is 0 Å². The molecule has 0 radical (unpaired) electrons. The van der Waals surface area contributed by atoms with Gasteiger partial charge in [0, 0.05) is 24.2 Å². The number of amides is 2. The number of benzene rings is 2. The van der Waals surface area contributed by atoms with Crippen LogP contribution in [0.2, 0.25) is 5.02 Å². The first kappa shape index (κ1) is 22.7. The Morgan fingerprint density at radius 1 is 1.17 bits per heavy atom. The zero-order valence-electron chi connectivity index (χ0n) is 16.3. The van der Waals surface area contributed by atoms with Crippen molar-refractivity contribution in [1.29, 1.82) is 0 Å². The van der Waals surface area contributed by atoms with Gasteiger partial charge in [-0.1, -0.05) is 25.4 Å². The quantitative estimate of drug-likeness (QED) is 0.319. The maximum absolute atomic E-state index is 12.6. The molecule has 0 bridgehead atoms. The molecule has 0 saturated heterocycles. The summed E-state index contributed by atoms with van der Waals surface area (Å²) in [4.78, 5) is 35.3. The molecule has 9 heteroatoms. The van der Waals surface area contributed by atoms with Gasteiger partial charge in [0.2, 0.25) is 5.91 Å². The summed E-state index contributed by atoms with van der Waals surface area (Å²) in [6.45, 7) is 5.55. The molecule has 0 unspecified atom stereocenters. The van der Waals surface area contributed by atoms with E-state index in [4.69, 9.17) is 11.6 Å². The Hall–Kier alpha value is -2.58. The van der Waals surface area contributed by atoms with E-state index in [0.29, 0.717) is 22.2 Å². The minimum atomic E-state index is -0.534. The average molecular weight is 436 g/mol. The van der Waals surface area contributed by atoms with E-state index in [2.05, 4.69) is 24.5 Å². The smallest absolute Gasteiger partial charge is 0.283 e. The van der Waals surface area contributed by atoms with Gasteiger partial charge in [-0.25, -0.2) is 0 Å². The van der Waals surface area contributed by atoms with Gasteiger partial charge in [-0.2, -0.15) is 0 Å². The number of nitrogens with one attached hydrogen (secondary N) is 2. The second kappa shape index (κ2) is 10.3. The Morgan fingerprint density at radius 3 is 2.52 bits per heavy atom. The van der Waals surface area contributed by atoms with E-state index in [1.54, 1.807) is 24.3 Å². The van der Waals surface area contributed by atoms with E-state index in [9.17, 15) is 19.7 Å². The van der Waals surface area contributed by atoms with E-state index in [1.165, 1.54) is 30.8 Å². The summed E-state index contributed by atoms with van der Waals surface area (Å²) in [7, 11) is 0. The predicted molar refractivity (Wildman–Crippen MR) is 117 cm³/mol. The monoisotopic (exact) mass is 435 g/mol. The number of carbonyl (C=O) groups is 2. The van der Waals surface area contributed by atoms with E-state index >= 15 is 0 Å². The van der Waals surface area contributed by atoms with Crippen LogP contribution in [-0.2, 0) is 4.79 Å². The number of halogens is 1. The van der Waals surface area contributed by atoms with Crippen LogP contribution in [0.25, 0.3) is 0 Å². The van der Waals surface area contributed by atoms with Crippen LogP contribution < -0.4 is 10.6 Å². The van der Waals surface area contributed by atoms with Crippen LogP contribution in [-0.4, -0.2) is 22.5 Å². The lowest BCUT2D eigenvalue weighted by Gasteiger charge is -2.11. The van der Waals surface area contributed by atoms with Gasteiger partial charge < -0.3 is 10.6 Å². The molecule has 2 N–H and O–H groups in total. The summed E-state index contributed by atoms with van der Waals surface area (Å²) < 4.78 is 0. The van der Waals surface area contributed by atoms with Gasteiger partial charge in [-0.3, -0.25) is 19.7 Å². The number of carbonyl (C=O) groups excluding carboxylic acids is 2. The largest absolute Gasteiger partial charge is 0.326 e. The van der Waals surface area contributed by atoms with Gasteiger partial charge >= 0.3 is 0 Å². The normalized spacial score (nSPS) is 10.7. The Bertz CT molecular complexity index is 934.